The van der Waals surface area contributed by atoms with Crippen molar-refractivity contribution >= 4 is 12.4 Å². The highest BCUT2D eigenvalue weighted by molar-refractivity contribution is 5.85. The van der Waals surface area contributed by atoms with Crippen molar-refractivity contribution in [3.8, 4) is 0 Å². The number of nitrogens with one attached hydrogen (secondary N) is 1. The van der Waals surface area contributed by atoms with Crippen molar-refractivity contribution < 1.29 is 4.74 Å². The van der Waals surface area contributed by atoms with Crippen LogP contribution in [0, 0.1) is 0 Å². The van der Waals surface area contributed by atoms with Crippen LogP contribution < -0.4 is 5.32 Å². The van der Waals surface area contributed by atoms with Crippen molar-refractivity contribution in [2.75, 3.05) is 13.7 Å². The molecule has 0 aliphatic heterocycles. The van der Waals surface area contributed by atoms with Crippen molar-refractivity contribution in [1.82, 2.24) is 5.32 Å². The molecule has 1 aliphatic carbocycles. The van der Waals surface area contributed by atoms with E-state index in [1.54, 1.807) is 0 Å². The standard InChI is InChI=1S/C7H15NO.ClH/c1-3-9-7-4-6(5-7)8-2;/h6-8H,3-5H2,1-2H3;1H. The highest BCUT2D eigenvalue weighted by atomic mass is 35.5. The maximum atomic E-state index is 5.37. The van der Waals surface area contributed by atoms with Crippen LogP contribution in [-0.2, 0) is 4.74 Å². The summed E-state index contributed by atoms with van der Waals surface area (Å²) in [6.07, 6.45) is 2.95. The molecule has 0 saturated heterocycles. The Morgan fingerprint density at radius 2 is 2.10 bits per heavy atom. The summed E-state index contributed by atoms with van der Waals surface area (Å²) in [5.74, 6) is 0. The Bertz CT molecular complexity index is 83.7. The lowest BCUT2D eigenvalue weighted by Gasteiger charge is -2.34. The van der Waals surface area contributed by atoms with Gasteiger partial charge in [-0.25, -0.2) is 0 Å². The third kappa shape index (κ3) is 2.45. The van der Waals surface area contributed by atoms with E-state index in [9.17, 15) is 0 Å². The fourth-order valence-corrected chi connectivity index (χ4v) is 1.17. The van der Waals surface area contributed by atoms with Crippen LogP contribution in [0.25, 0.3) is 0 Å². The first kappa shape index (κ1) is 10.2. The van der Waals surface area contributed by atoms with E-state index in [0.29, 0.717) is 6.10 Å². The van der Waals surface area contributed by atoms with Gasteiger partial charge in [0.25, 0.3) is 0 Å². The second kappa shape index (κ2) is 4.94. The number of hydrogen-bond donors (Lipinski definition) is 1. The van der Waals surface area contributed by atoms with E-state index in [2.05, 4.69) is 5.32 Å². The fraction of sp³-hybridized carbons (Fsp3) is 1.00. The Morgan fingerprint density at radius 3 is 2.50 bits per heavy atom. The van der Waals surface area contributed by atoms with Gasteiger partial charge in [0.1, 0.15) is 0 Å². The highest BCUT2D eigenvalue weighted by Crippen LogP contribution is 2.22. The van der Waals surface area contributed by atoms with Crippen molar-refractivity contribution in [1.29, 1.82) is 0 Å². The Kier molecular flexibility index (Phi) is 5.04. The van der Waals surface area contributed by atoms with E-state index in [1.165, 1.54) is 12.8 Å². The normalized spacial score (nSPS) is 30.6. The molecule has 0 radical (unpaired) electrons. The number of halogens is 1. The molecule has 1 N–H and O–H groups in total. The van der Waals surface area contributed by atoms with E-state index < -0.39 is 0 Å². The van der Waals surface area contributed by atoms with Crippen molar-refractivity contribution in [2.45, 2.75) is 31.9 Å². The summed E-state index contributed by atoms with van der Waals surface area (Å²) in [6, 6.07) is 0.724. The number of ether oxygens (including phenoxy) is 1. The van der Waals surface area contributed by atoms with Crippen molar-refractivity contribution in [3.05, 3.63) is 0 Å². The van der Waals surface area contributed by atoms with Crippen LogP contribution in [0.15, 0.2) is 0 Å². The molecule has 0 aromatic carbocycles. The van der Waals surface area contributed by atoms with Crippen LogP contribution in [0.4, 0.5) is 0 Å². The minimum absolute atomic E-state index is 0. The Labute approximate surface area is 68.7 Å². The molecule has 0 atom stereocenters. The van der Waals surface area contributed by atoms with Gasteiger partial charge in [-0.15, -0.1) is 12.4 Å². The molecule has 0 amide bonds. The third-order valence-corrected chi connectivity index (χ3v) is 1.91. The van der Waals surface area contributed by atoms with Gasteiger partial charge in [-0.2, -0.15) is 0 Å². The second-order valence-corrected chi connectivity index (χ2v) is 2.53. The smallest absolute Gasteiger partial charge is 0.0604 e. The van der Waals surface area contributed by atoms with Gasteiger partial charge in [-0.3, -0.25) is 0 Å². The SMILES string of the molecule is CCOC1CC(NC)C1.Cl. The molecule has 0 aromatic rings. The molecule has 10 heavy (non-hydrogen) atoms. The van der Waals surface area contributed by atoms with Gasteiger partial charge in [0.2, 0.25) is 0 Å². The van der Waals surface area contributed by atoms with Gasteiger partial charge in [0, 0.05) is 12.6 Å². The first-order chi connectivity index (χ1) is 4.36. The summed E-state index contributed by atoms with van der Waals surface area (Å²) >= 11 is 0. The van der Waals surface area contributed by atoms with Crippen LogP contribution in [0.5, 0.6) is 0 Å². The molecule has 2 nitrogen and oxygen atoms in total. The quantitative estimate of drug-likeness (QED) is 0.679. The first-order valence-corrected chi connectivity index (χ1v) is 3.65. The van der Waals surface area contributed by atoms with Gasteiger partial charge in [-0.05, 0) is 26.8 Å². The molecular formula is C7H16ClNO. The summed E-state index contributed by atoms with van der Waals surface area (Å²) in [5, 5.41) is 3.21. The van der Waals surface area contributed by atoms with Crippen molar-refractivity contribution in [2.24, 2.45) is 0 Å². The fourth-order valence-electron chi connectivity index (χ4n) is 1.17. The summed E-state index contributed by atoms with van der Waals surface area (Å²) < 4.78 is 5.37. The lowest BCUT2D eigenvalue weighted by Crippen LogP contribution is -2.43. The van der Waals surface area contributed by atoms with E-state index in [4.69, 9.17) is 4.74 Å². The van der Waals surface area contributed by atoms with Gasteiger partial charge in [0.05, 0.1) is 6.10 Å². The zero-order chi connectivity index (χ0) is 6.69. The van der Waals surface area contributed by atoms with Crippen LogP contribution in [0.2, 0.25) is 0 Å². The predicted octanol–water partition coefficient (Wildman–Crippen LogP) is 1.20. The van der Waals surface area contributed by atoms with E-state index in [0.717, 1.165) is 12.6 Å². The lowest BCUT2D eigenvalue weighted by atomic mass is 9.89. The molecule has 1 rings (SSSR count). The Hall–Kier alpha value is 0.210. The molecule has 0 heterocycles. The Morgan fingerprint density at radius 1 is 1.50 bits per heavy atom. The molecule has 3 heteroatoms. The second-order valence-electron chi connectivity index (χ2n) is 2.53. The minimum Gasteiger partial charge on any atom is -0.378 e. The molecule has 0 aromatic heterocycles. The number of hydrogen-bond acceptors (Lipinski definition) is 2. The van der Waals surface area contributed by atoms with Crippen LogP contribution in [0.1, 0.15) is 19.8 Å². The average molecular weight is 166 g/mol. The third-order valence-electron chi connectivity index (χ3n) is 1.91. The molecule has 0 spiro atoms. The molecule has 62 valence electrons. The van der Waals surface area contributed by atoms with Gasteiger partial charge >= 0.3 is 0 Å². The summed E-state index contributed by atoms with van der Waals surface area (Å²) in [7, 11) is 2.01. The highest BCUT2D eigenvalue weighted by Gasteiger charge is 2.27. The van der Waals surface area contributed by atoms with Crippen LogP contribution >= 0.6 is 12.4 Å². The topological polar surface area (TPSA) is 21.3 Å². The molecular weight excluding hydrogens is 150 g/mol. The number of rotatable bonds is 3. The average Bonchev–Trinajstić information content (AvgIpc) is 1.77. The van der Waals surface area contributed by atoms with Gasteiger partial charge < -0.3 is 10.1 Å². The van der Waals surface area contributed by atoms with E-state index in [-0.39, 0.29) is 12.4 Å². The maximum Gasteiger partial charge on any atom is 0.0604 e. The monoisotopic (exact) mass is 165 g/mol. The van der Waals surface area contributed by atoms with E-state index in [1.807, 2.05) is 14.0 Å². The van der Waals surface area contributed by atoms with Crippen LogP contribution in [-0.4, -0.2) is 25.8 Å². The Balaban J connectivity index is 0.000000810. The molecule has 1 fully saturated rings. The largest absolute Gasteiger partial charge is 0.378 e. The van der Waals surface area contributed by atoms with Crippen LogP contribution in [0.3, 0.4) is 0 Å². The molecule has 1 aliphatic rings. The van der Waals surface area contributed by atoms with Gasteiger partial charge in [-0.1, -0.05) is 0 Å². The summed E-state index contributed by atoms with van der Waals surface area (Å²) in [4.78, 5) is 0. The molecule has 0 bridgehead atoms. The van der Waals surface area contributed by atoms with E-state index >= 15 is 0 Å². The van der Waals surface area contributed by atoms with Gasteiger partial charge in [0.15, 0.2) is 0 Å². The maximum absolute atomic E-state index is 5.37. The first-order valence-electron chi connectivity index (χ1n) is 3.65. The predicted molar refractivity (Wildman–Crippen MR) is 44.7 cm³/mol. The van der Waals surface area contributed by atoms with Crippen molar-refractivity contribution in [3.63, 3.8) is 0 Å². The summed E-state index contributed by atoms with van der Waals surface area (Å²) in [5.41, 5.74) is 0. The summed E-state index contributed by atoms with van der Waals surface area (Å²) in [6.45, 7) is 2.91. The zero-order valence-corrected chi connectivity index (χ0v) is 7.41. The zero-order valence-electron chi connectivity index (χ0n) is 6.59. The minimum atomic E-state index is 0. The molecule has 0 unspecified atom stereocenters. The lowest BCUT2D eigenvalue weighted by molar-refractivity contribution is -0.00809. The molecule has 1 saturated carbocycles.